The van der Waals surface area contributed by atoms with Crippen LogP contribution in [0.4, 0.5) is 0 Å². The van der Waals surface area contributed by atoms with Crippen molar-refractivity contribution in [2.45, 2.75) is 40.5 Å². The molecule has 3 aromatic carbocycles. The molecular weight excluding hydrogens is 468 g/mol. The van der Waals surface area contributed by atoms with E-state index in [-0.39, 0.29) is 31.6 Å². The summed E-state index contributed by atoms with van der Waals surface area (Å²) in [5, 5.41) is 2.55. The molecule has 0 aliphatic rings. The van der Waals surface area contributed by atoms with Crippen LogP contribution in [-0.2, 0) is 25.5 Å². The molecule has 0 aliphatic heterocycles. The van der Waals surface area contributed by atoms with Gasteiger partial charge in [0.15, 0.2) is 0 Å². The van der Waals surface area contributed by atoms with Crippen molar-refractivity contribution in [1.29, 1.82) is 0 Å². The fraction of sp³-hybridized carbons (Fsp3) is 0.333. The molecule has 6 heteroatoms. The zero-order chi connectivity index (χ0) is 26.2. The van der Waals surface area contributed by atoms with Gasteiger partial charge < -0.3 is 14.3 Å². The minimum Gasteiger partial charge on any atom is -0.466 e. The smallest absolute Gasteiger partial charge is 0.311 e. The largest absolute Gasteiger partial charge is 0.466 e. The van der Waals surface area contributed by atoms with Crippen molar-refractivity contribution in [3.8, 4) is 0 Å². The van der Waals surface area contributed by atoms with Crippen molar-refractivity contribution in [1.82, 2.24) is 0 Å². The van der Waals surface area contributed by atoms with Crippen LogP contribution in [0.3, 0.4) is 0 Å². The molecule has 0 aliphatic carbocycles. The summed E-state index contributed by atoms with van der Waals surface area (Å²) >= 11 is 0. The van der Waals surface area contributed by atoms with E-state index in [9.17, 15) is 14.4 Å². The highest BCUT2D eigenvalue weighted by Gasteiger charge is 2.41. The summed E-state index contributed by atoms with van der Waals surface area (Å²) in [6, 6.07) is 27.2. The minimum atomic E-state index is -3.38. The van der Waals surface area contributed by atoms with Crippen LogP contribution in [0.5, 0.6) is 0 Å². The van der Waals surface area contributed by atoms with Gasteiger partial charge >= 0.3 is 11.9 Å². The lowest BCUT2D eigenvalue weighted by atomic mass is 9.80. The number of carbonyl (C=O) groups excluding carboxylic acids is 2. The van der Waals surface area contributed by atoms with Gasteiger partial charge in [-0.25, -0.2) is 0 Å². The molecule has 3 aromatic rings. The zero-order valence-electron chi connectivity index (χ0n) is 21.6. The van der Waals surface area contributed by atoms with Crippen LogP contribution in [0.1, 0.15) is 39.7 Å². The highest BCUT2D eigenvalue weighted by molar-refractivity contribution is 7.06. The lowest BCUT2D eigenvalue weighted by molar-refractivity contribution is -0.157. The number of rotatable bonds is 11. The van der Waals surface area contributed by atoms with Gasteiger partial charge in [-0.05, 0) is 61.7 Å². The van der Waals surface area contributed by atoms with Gasteiger partial charge in [0.2, 0.25) is 0 Å². The van der Waals surface area contributed by atoms with E-state index >= 15 is 0 Å². The first-order valence-electron chi connectivity index (χ1n) is 12.5. The number of hydrogen-bond acceptors (Lipinski definition) is 5. The van der Waals surface area contributed by atoms with E-state index < -0.39 is 19.7 Å². The molecule has 0 bridgehead atoms. The molecule has 3 rings (SSSR count). The Bertz CT molecular complexity index is 1100. The highest BCUT2D eigenvalue weighted by Crippen LogP contribution is 2.30. The average Bonchev–Trinajstić information content (AvgIpc) is 2.89. The Balaban J connectivity index is 2.09. The normalized spacial score (nSPS) is 12.6. The van der Waals surface area contributed by atoms with Crippen molar-refractivity contribution >= 4 is 35.8 Å². The number of ether oxygens (including phenoxy) is 2. The third-order valence-electron chi connectivity index (χ3n) is 6.46. The first kappa shape index (κ1) is 27.4. The summed E-state index contributed by atoms with van der Waals surface area (Å²) in [4.78, 5) is 38.2. The van der Waals surface area contributed by atoms with Gasteiger partial charge in [-0.3, -0.25) is 9.59 Å². The van der Waals surface area contributed by atoms with Gasteiger partial charge in [0.25, 0.3) is 8.32 Å². The fourth-order valence-corrected chi connectivity index (χ4v) is 7.97. The summed E-state index contributed by atoms with van der Waals surface area (Å²) in [6.07, 6.45) is 0.614. The van der Waals surface area contributed by atoms with E-state index in [1.54, 1.807) is 27.7 Å². The fourth-order valence-electron chi connectivity index (χ4n) is 4.68. The topological polar surface area (TPSA) is 72.8 Å². The van der Waals surface area contributed by atoms with Crippen LogP contribution in [0.2, 0.25) is 0 Å². The first-order chi connectivity index (χ1) is 17.2. The Labute approximate surface area is 215 Å². The molecule has 0 spiro atoms. The minimum absolute atomic E-state index is 0.254. The standard InChI is InChI=1S/C30H36O5Si/c1-5-34-28(31)24(22-30(3,4)29(32)35-6-2)21-23-15-13-14-20-27(23)36(33,25-16-9-7-10-17-25)26-18-11-8-12-19-26/h7-20,24,33H,5-6,21-22H2,1-4H3. The van der Waals surface area contributed by atoms with E-state index in [4.69, 9.17) is 9.47 Å². The Kier molecular flexibility index (Phi) is 9.23. The average molecular weight is 505 g/mol. The van der Waals surface area contributed by atoms with Crippen LogP contribution in [0.15, 0.2) is 84.9 Å². The summed E-state index contributed by atoms with van der Waals surface area (Å²) in [6.45, 7) is 7.66. The third-order valence-corrected chi connectivity index (χ3v) is 10.1. The highest BCUT2D eigenvalue weighted by atomic mass is 28.4. The number of hydrogen-bond donors (Lipinski definition) is 1. The predicted molar refractivity (Wildman–Crippen MR) is 145 cm³/mol. The molecule has 0 heterocycles. The van der Waals surface area contributed by atoms with Crippen molar-refractivity contribution in [3.63, 3.8) is 0 Å². The van der Waals surface area contributed by atoms with E-state index in [1.165, 1.54) is 0 Å². The lowest BCUT2D eigenvalue weighted by Gasteiger charge is -2.31. The molecule has 0 fully saturated rings. The van der Waals surface area contributed by atoms with Crippen molar-refractivity contribution < 1.29 is 23.9 Å². The second kappa shape index (κ2) is 12.1. The van der Waals surface area contributed by atoms with Crippen LogP contribution in [0, 0.1) is 11.3 Å². The molecule has 1 unspecified atom stereocenters. The summed E-state index contributed by atoms with van der Waals surface area (Å²) < 4.78 is 10.7. The second-order valence-electron chi connectivity index (χ2n) is 9.56. The maximum Gasteiger partial charge on any atom is 0.311 e. The molecule has 0 radical (unpaired) electrons. The molecule has 5 nitrogen and oxygen atoms in total. The van der Waals surface area contributed by atoms with E-state index in [0.717, 1.165) is 21.1 Å². The van der Waals surface area contributed by atoms with Crippen molar-refractivity contribution in [3.05, 3.63) is 90.5 Å². The van der Waals surface area contributed by atoms with Gasteiger partial charge in [0, 0.05) is 0 Å². The Hall–Kier alpha value is -3.22. The molecule has 1 N–H and O–H groups in total. The molecular formula is C30H36O5Si. The van der Waals surface area contributed by atoms with Gasteiger partial charge in [-0.2, -0.15) is 0 Å². The van der Waals surface area contributed by atoms with E-state index in [2.05, 4.69) is 0 Å². The molecule has 0 saturated carbocycles. The maximum atomic E-state index is 13.1. The Morgan fingerprint density at radius 3 is 1.83 bits per heavy atom. The van der Waals surface area contributed by atoms with Gasteiger partial charge in [0.1, 0.15) is 0 Å². The number of benzene rings is 3. The lowest BCUT2D eigenvalue weighted by Crippen LogP contribution is -2.68. The maximum absolute atomic E-state index is 13.1. The predicted octanol–water partition coefficient (Wildman–Crippen LogP) is 3.35. The van der Waals surface area contributed by atoms with Gasteiger partial charge in [-0.1, -0.05) is 84.9 Å². The molecule has 36 heavy (non-hydrogen) atoms. The summed E-state index contributed by atoms with van der Waals surface area (Å²) in [7, 11) is -3.38. The van der Waals surface area contributed by atoms with Crippen LogP contribution in [-0.4, -0.2) is 38.3 Å². The third kappa shape index (κ3) is 6.12. The van der Waals surface area contributed by atoms with Gasteiger partial charge in [0.05, 0.1) is 24.5 Å². The quantitative estimate of drug-likeness (QED) is 0.246. The molecule has 0 amide bonds. The second-order valence-corrected chi connectivity index (χ2v) is 12.7. The van der Waals surface area contributed by atoms with Crippen molar-refractivity contribution in [2.24, 2.45) is 11.3 Å². The zero-order valence-corrected chi connectivity index (χ0v) is 22.6. The van der Waals surface area contributed by atoms with Crippen LogP contribution >= 0.6 is 0 Å². The summed E-state index contributed by atoms with van der Waals surface area (Å²) in [5.41, 5.74) is 0.00620. The monoisotopic (exact) mass is 504 g/mol. The van der Waals surface area contributed by atoms with Gasteiger partial charge in [-0.15, -0.1) is 0 Å². The number of carbonyl (C=O) groups is 2. The van der Waals surface area contributed by atoms with E-state index in [1.807, 2.05) is 84.9 Å². The van der Waals surface area contributed by atoms with Crippen LogP contribution < -0.4 is 15.6 Å². The molecule has 1 atom stereocenters. The first-order valence-corrected chi connectivity index (χ1v) is 14.4. The molecule has 0 saturated heterocycles. The Morgan fingerprint density at radius 2 is 1.31 bits per heavy atom. The van der Waals surface area contributed by atoms with E-state index in [0.29, 0.717) is 6.42 Å². The Morgan fingerprint density at radius 1 is 0.806 bits per heavy atom. The summed E-state index contributed by atoms with van der Waals surface area (Å²) in [5.74, 6) is -1.27. The molecule has 190 valence electrons. The van der Waals surface area contributed by atoms with Crippen LogP contribution in [0.25, 0.3) is 0 Å². The number of esters is 2. The molecule has 0 aromatic heterocycles. The SMILES string of the molecule is CCOC(=O)C(Cc1ccccc1[Si](O)(c1ccccc1)c1ccccc1)CC(C)(C)C(=O)OCC. The van der Waals surface area contributed by atoms with Crippen molar-refractivity contribution in [2.75, 3.05) is 13.2 Å².